The second-order valence-electron chi connectivity index (χ2n) is 5.64. The largest absolute Gasteiger partial charge is 0.497 e. The van der Waals surface area contributed by atoms with Crippen molar-refractivity contribution >= 4 is 5.91 Å². The lowest BCUT2D eigenvalue weighted by atomic mass is 9.88. The molecule has 108 valence electrons. The highest BCUT2D eigenvalue weighted by atomic mass is 16.5. The number of fused-ring (bicyclic) bond motifs is 1. The minimum Gasteiger partial charge on any atom is -0.497 e. The molecule has 1 saturated heterocycles. The minimum atomic E-state index is 0.0432. The van der Waals surface area contributed by atoms with Crippen molar-refractivity contribution in [2.75, 3.05) is 20.3 Å². The number of carbonyl (C=O) groups excluding carboxylic acids is 1. The summed E-state index contributed by atoms with van der Waals surface area (Å²) in [5.74, 6) is 1.08. The van der Waals surface area contributed by atoms with Crippen molar-refractivity contribution in [2.45, 2.75) is 31.7 Å². The molecule has 0 spiro atoms. The van der Waals surface area contributed by atoms with Gasteiger partial charge >= 0.3 is 0 Å². The number of aryl methyl sites for hydroxylation is 1. The highest BCUT2D eigenvalue weighted by molar-refractivity contribution is 5.79. The van der Waals surface area contributed by atoms with Crippen molar-refractivity contribution in [1.82, 2.24) is 5.32 Å². The smallest absolute Gasteiger partial charge is 0.225 e. The summed E-state index contributed by atoms with van der Waals surface area (Å²) < 4.78 is 10.6. The van der Waals surface area contributed by atoms with Crippen molar-refractivity contribution in [2.24, 2.45) is 5.92 Å². The number of benzene rings is 1. The first-order chi connectivity index (χ1) is 9.76. The number of nitrogens with one attached hydrogen (secondary N) is 1. The summed E-state index contributed by atoms with van der Waals surface area (Å²) in [7, 11) is 1.68. The predicted molar refractivity (Wildman–Crippen MR) is 75.9 cm³/mol. The molecule has 3 rings (SSSR count). The molecular weight excluding hydrogens is 254 g/mol. The summed E-state index contributed by atoms with van der Waals surface area (Å²) in [5.41, 5.74) is 2.67. The molecule has 1 heterocycles. The Balaban J connectivity index is 1.64. The molecule has 0 radical (unpaired) electrons. The van der Waals surface area contributed by atoms with Gasteiger partial charge in [-0.15, -0.1) is 0 Å². The molecule has 4 nitrogen and oxygen atoms in total. The Morgan fingerprint density at radius 1 is 1.35 bits per heavy atom. The van der Waals surface area contributed by atoms with Gasteiger partial charge in [0.05, 0.1) is 19.6 Å². The number of hydrogen-bond acceptors (Lipinski definition) is 3. The second kappa shape index (κ2) is 5.83. The number of methoxy groups -OCH3 is 1. The average molecular weight is 275 g/mol. The quantitative estimate of drug-likeness (QED) is 0.913. The zero-order chi connectivity index (χ0) is 13.9. The van der Waals surface area contributed by atoms with Crippen molar-refractivity contribution in [3.8, 4) is 5.75 Å². The van der Waals surface area contributed by atoms with Crippen LogP contribution >= 0.6 is 0 Å². The molecule has 2 atom stereocenters. The molecule has 1 fully saturated rings. The first kappa shape index (κ1) is 13.4. The molecule has 1 aromatic rings. The Morgan fingerprint density at radius 2 is 2.25 bits per heavy atom. The summed E-state index contributed by atoms with van der Waals surface area (Å²) in [4.78, 5) is 12.1. The first-order valence-corrected chi connectivity index (χ1v) is 7.30. The van der Waals surface area contributed by atoms with Crippen LogP contribution in [0.2, 0.25) is 0 Å². The van der Waals surface area contributed by atoms with E-state index in [1.807, 2.05) is 6.07 Å². The van der Waals surface area contributed by atoms with E-state index in [2.05, 4.69) is 17.4 Å². The van der Waals surface area contributed by atoms with Crippen LogP contribution < -0.4 is 10.1 Å². The van der Waals surface area contributed by atoms with Crippen LogP contribution in [-0.4, -0.2) is 32.3 Å². The molecule has 0 aromatic heterocycles. The third-order valence-electron chi connectivity index (χ3n) is 4.29. The van der Waals surface area contributed by atoms with Gasteiger partial charge in [-0.3, -0.25) is 4.79 Å². The standard InChI is InChI=1S/C16H21NO3/c1-19-15-5-3-11-2-4-14(8-13(11)9-15)17-16(18)12-6-7-20-10-12/h3,5,9,12,14H,2,4,6-8,10H2,1H3,(H,17,18). The van der Waals surface area contributed by atoms with Crippen LogP contribution in [0, 0.1) is 5.92 Å². The molecule has 0 saturated carbocycles. The van der Waals surface area contributed by atoms with Crippen molar-refractivity contribution in [3.63, 3.8) is 0 Å². The Labute approximate surface area is 119 Å². The van der Waals surface area contributed by atoms with Crippen molar-refractivity contribution in [3.05, 3.63) is 29.3 Å². The molecule has 0 bridgehead atoms. The van der Waals surface area contributed by atoms with Crippen molar-refractivity contribution in [1.29, 1.82) is 0 Å². The maximum atomic E-state index is 12.1. The van der Waals surface area contributed by atoms with Crippen LogP contribution in [0.5, 0.6) is 5.75 Å². The summed E-state index contributed by atoms with van der Waals surface area (Å²) in [6.07, 6.45) is 3.78. The Hall–Kier alpha value is -1.55. The van der Waals surface area contributed by atoms with Gasteiger partial charge in [-0.2, -0.15) is 0 Å². The van der Waals surface area contributed by atoms with E-state index in [1.54, 1.807) is 7.11 Å². The minimum absolute atomic E-state index is 0.0432. The van der Waals surface area contributed by atoms with E-state index in [0.29, 0.717) is 13.2 Å². The maximum absolute atomic E-state index is 12.1. The maximum Gasteiger partial charge on any atom is 0.225 e. The van der Waals surface area contributed by atoms with E-state index < -0.39 is 0 Å². The van der Waals surface area contributed by atoms with Crippen LogP contribution in [-0.2, 0) is 22.4 Å². The van der Waals surface area contributed by atoms with Crippen LogP contribution in [0.25, 0.3) is 0 Å². The van der Waals surface area contributed by atoms with Gasteiger partial charge in [-0.05, 0) is 48.9 Å². The predicted octanol–water partition coefficient (Wildman–Crippen LogP) is 1.71. The third-order valence-corrected chi connectivity index (χ3v) is 4.29. The van der Waals surface area contributed by atoms with Gasteiger partial charge in [-0.1, -0.05) is 6.07 Å². The molecule has 1 aliphatic heterocycles. The Kier molecular flexibility index (Phi) is 3.92. The van der Waals surface area contributed by atoms with E-state index in [9.17, 15) is 4.79 Å². The Bertz CT molecular complexity index is 494. The van der Waals surface area contributed by atoms with Gasteiger partial charge in [0.15, 0.2) is 0 Å². The summed E-state index contributed by atoms with van der Waals surface area (Å²) in [6.45, 7) is 1.28. The topological polar surface area (TPSA) is 47.6 Å². The van der Waals surface area contributed by atoms with Crippen molar-refractivity contribution < 1.29 is 14.3 Å². The highest BCUT2D eigenvalue weighted by Crippen LogP contribution is 2.26. The Morgan fingerprint density at radius 3 is 3.00 bits per heavy atom. The third kappa shape index (κ3) is 2.80. The molecule has 1 amide bonds. The van der Waals surface area contributed by atoms with E-state index >= 15 is 0 Å². The van der Waals surface area contributed by atoms with Gasteiger partial charge in [-0.25, -0.2) is 0 Å². The van der Waals surface area contributed by atoms with Crippen LogP contribution in [0.15, 0.2) is 18.2 Å². The lowest BCUT2D eigenvalue weighted by molar-refractivity contribution is -0.125. The number of ether oxygens (including phenoxy) is 2. The fraction of sp³-hybridized carbons (Fsp3) is 0.562. The SMILES string of the molecule is COc1ccc2c(c1)CC(NC(=O)C1CCOC1)CC2. The molecule has 2 unspecified atom stereocenters. The monoisotopic (exact) mass is 275 g/mol. The summed E-state index contributed by atoms with van der Waals surface area (Å²) in [5, 5.41) is 3.18. The lowest BCUT2D eigenvalue weighted by Gasteiger charge is -2.26. The van der Waals surface area contributed by atoms with Gasteiger partial charge in [0.25, 0.3) is 0 Å². The van der Waals surface area contributed by atoms with Crippen LogP contribution in [0.4, 0.5) is 0 Å². The number of carbonyl (C=O) groups is 1. The molecule has 2 aliphatic rings. The molecule has 1 aliphatic carbocycles. The van der Waals surface area contributed by atoms with E-state index in [0.717, 1.165) is 31.4 Å². The zero-order valence-electron chi connectivity index (χ0n) is 11.9. The number of amides is 1. The number of hydrogen-bond donors (Lipinski definition) is 1. The van der Waals surface area contributed by atoms with E-state index in [4.69, 9.17) is 9.47 Å². The molecule has 1 aromatic carbocycles. The molecule has 4 heteroatoms. The highest BCUT2D eigenvalue weighted by Gasteiger charge is 2.27. The van der Waals surface area contributed by atoms with Crippen LogP contribution in [0.1, 0.15) is 24.0 Å². The summed E-state index contributed by atoms with van der Waals surface area (Å²) in [6, 6.07) is 6.47. The first-order valence-electron chi connectivity index (χ1n) is 7.30. The van der Waals surface area contributed by atoms with Gasteiger partial charge < -0.3 is 14.8 Å². The van der Waals surface area contributed by atoms with Gasteiger partial charge in [0, 0.05) is 12.6 Å². The lowest BCUT2D eigenvalue weighted by Crippen LogP contribution is -2.42. The summed E-state index contributed by atoms with van der Waals surface area (Å²) >= 11 is 0. The zero-order valence-corrected chi connectivity index (χ0v) is 11.9. The fourth-order valence-corrected chi connectivity index (χ4v) is 3.04. The fourth-order valence-electron chi connectivity index (χ4n) is 3.04. The number of rotatable bonds is 3. The average Bonchev–Trinajstić information content (AvgIpc) is 3.00. The van der Waals surface area contributed by atoms with Gasteiger partial charge in [0.1, 0.15) is 5.75 Å². The molecular formula is C16H21NO3. The molecule has 1 N–H and O–H groups in total. The van der Waals surface area contributed by atoms with E-state index in [1.165, 1.54) is 11.1 Å². The van der Waals surface area contributed by atoms with Crippen LogP contribution in [0.3, 0.4) is 0 Å². The normalized spacial score (nSPS) is 25.1. The second-order valence-corrected chi connectivity index (χ2v) is 5.64. The van der Waals surface area contributed by atoms with Gasteiger partial charge in [0.2, 0.25) is 5.91 Å². The molecule has 20 heavy (non-hydrogen) atoms. The van der Waals surface area contributed by atoms with E-state index in [-0.39, 0.29) is 17.9 Å².